The molecule has 0 amide bonds. The van der Waals surface area contributed by atoms with Crippen LogP contribution < -0.4 is 0 Å². The van der Waals surface area contributed by atoms with Gasteiger partial charge in [-0.3, -0.25) is 0 Å². The minimum Gasteiger partial charge on any atom is -0.459 e. The lowest BCUT2D eigenvalue weighted by molar-refractivity contribution is -0.384. The minimum absolute atomic E-state index is 0.0138. The number of hydrogen-bond acceptors (Lipinski definition) is 28. The van der Waals surface area contributed by atoms with Crippen LogP contribution in [0.15, 0.2) is 286 Å². The second kappa shape index (κ2) is 39.9. The predicted molar refractivity (Wildman–Crippen MR) is 412 cm³/mol. The molecule has 13 rings (SSSR count). The molecule has 610 valence electrons. The summed E-state index contributed by atoms with van der Waals surface area (Å²) in [6.07, 6.45) is -37.2. The first-order valence-electron chi connectivity index (χ1n) is 37.8. The first-order chi connectivity index (χ1) is 57.4. The van der Waals surface area contributed by atoms with Crippen molar-refractivity contribution < 1.29 is 134 Å². The normalized spacial score (nSPS) is 26.6. The van der Waals surface area contributed by atoms with Crippen LogP contribution in [0.1, 0.15) is 107 Å². The van der Waals surface area contributed by atoms with Gasteiger partial charge in [0.2, 0.25) is 0 Å². The standard InChI is InChI=1S/C90H82O28/c1-4-50-102-89-76(114-85(100)62-46-28-12-29-47-62)74(112-83(98)60-42-24-10-25-43-60)70(64(107-89)51-103-78(93)55-32-14-5-15-33-55)116-88-67(92)73(69(54(3)106-88)110-81(96)58-38-20-8-21-39-58)118-90-77(115-86(101)63-48-30-13-31-49-63)75(113-84(99)61-44-26-11-27-45-61)71(65(108-90)52-104-79(94)56-34-16-6-17-35-56)117-87-66(91)72(111-82(97)59-40-22-9-23-41-59)68(53(2)105-87)109-80(95)57-36-18-7-19-37-57/h4-49,53-54,64-77,87-92H,1,50-52H2,2-3H3/t53-,54-,64+,65+,66+,67+,68-,69-,70+,71+,72-,73-,74-,75-,76-,77-,87-,88-,89-,90+/m0/s1. The fraction of sp³-hybridized carbons (Fsp3) is 0.278. The number of aliphatic hydroxyl groups is 2. The van der Waals surface area contributed by atoms with Gasteiger partial charge in [-0.1, -0.05) is 170 Å². The van der Waals surface area contributed by atoms with Crippen molar-refractivity contribution in [2.24, 2.45) is 0 Å². The number of rotatable bonds is 29. The first-order valence-corrected chi connectivity index (χ1v) is 37.8. The smallest absolute Gasteiger partial charge is 0.338 e. The zero-order valence-electron chi connectivity index (χ0n) is 63.4. The maximum atomic E-state index is 15.2. The Morgan fingerprint density at radius 1 is 0.280 bits per heavy atom. The summed E-state index contributed by atoms with van der Waals surface area (Å²) >= 11 is 0. The van der Waals surface area contributed by atoms with Gasteiger partial charge in [0.15, 0.2) is 67.9 Å². The number of carbonyl (C=O) groups excluding carboxylic acids is 9. The molecule has 4 fully saturated rings. The van der Waals surface area contributed by atoms with Crippen molar-refractivity contribution in [3.8, 4) is 0 Å². The zero-order chi connectivity index (χ0) is 82.6. The number of aliphatic hydroxyl groups excluding tert-OH is 2. The van der Waals surface area contributed by atoms with Gasteiger partial charge in [0.05, 0.1) is 68.9 Å². The SMILES string of the molecule is C=CCO[C@H]1O[C@H](COC(=O)c2ccccc2)[C@@H](O[C@@H]2O[C@@H](C)[C@H](OC(=O)c3ccccc3)[C@@H](O[C@H]3O[C@H](COC(=O)c4ccccc4)[C@@H](O[C@@H]4O[C@@H](C)[C@H](OC(=O)c5ccccc5)[C@@H](OC(=O)c5ccccc5)[C@H]4O)[C@H](OC(=O)c4ccccc4)[C@@H]3OC(=O)c3ccccc3)[C@H]2O)[C@H](OC(=O)c2ccccc2)[C@@H]1OC(=O)c1ccccc1. The largest absolute Gasteiger partial charge is 0.459 e. The van der Waals surface area contributed by atoms with Crippen molar-refractivity contribution in [2.45, 2.75) is 137 Å². The highest BCUT2D eigenvalue weighted by molar-refractivity contribution is 5.94. The van der Waals surface area contributed by atoms with Gasteiger partial charge >= 0.3 is 53.7 Å². The molecule has 4 heterocycles. The summed E-state index contributed by atoms with van der Waals surface area (Å²) in [5.74, 6) is -9.00. The molecule has 4 aliphatic heterocycles. The second-order valence-electron chi connectivity index (χ2n) is 27.5. The summed E-state index contributed by atoms with van der Waals surface area (Å²) in [6, 6.07) is 68.8. The Balaban J connectivity index is 0.936. The van der Waals surface area contributed by atoms with Gasteiger partial charge < -0.3 is 90.7 Å². The van der Waals surface area contributed by atoms with Crippen molar-refractivity contribution in [3.05, 3.63) is 336 Å². The lowest BCUT2D eigenvalue weighted by atomic mass is 9.95. The van der Waals surface area contributed by atoms with Crippen molar-refractivity contribution in [1.82, 2.24) is 0 Å². The first kappa shape index (κ1) is 83.5. The number of benzene rings is 9. The highest BCUT2D eigenvalue weighted by Gasteiger charge is 2.61. The van der Waals surface area contributed by atoms with Gasteiger partial charge in [0.1, 0.15) is 55.9 Å². The van der Waals surface area contributed by atoms with E-state index in [0.717, 1.165) is 0 Å². The molecule has 4 aliphatic rings. The number of carbonyl (C=O) groups is 9. The van der Waals surface area contributed by atoms with Gasteiger partial charge in [0, 0.05) is 0 Å². The minimum atomic E-state index is -2.35. The van der Waals surface area contributed by atoms with Crippen LogP contribution in [0.4, 0.5) is 0 Å². The van der Waals surface area contributed by atoms with Crippen LogP contribution in [0.2, 0.25) is 0 Å². The maximum absolute atomic E-state index is 15.2. The number of hydrogen-bond donors (Lipinski definition) is 2. The van der Waals surface area contributed by atoms with E-state index >= 15 is 9.59 Å². The summed E-state index contributed by atoms with van der Waals surface area (Å²) < 4.78 is 110. The number of ether oxygens (including phenoxy) is 17. The molecule has 2 N–H and O–H groups in total. The van der Waals surface area contributed by atoms with E-state index in [-0.39, 0.29) is 56.7 Å². The summed E-state index contributed by atoms with van der Waals surface area (Å²) in [4.78, 5) is 131. The Labute approximate surface area is 676 Å². The van der Waals surface area contributed by atoms with Crippen LogP contribution in [0, 0.1) is 0 Å². The average molecular weight is 1610 g/mol. The summed E-state index contributed by atoms with van der Waals surface area (Å²) in [5, 5.41) is 26.5. The lowest BCUT2D eigenvalue weighted by Gasteiger charge is -2.50. The highest BCUT2D eigenvalue weighted by atomic mass is 16.8. The Bertz CT molecular complexity index is 4850. The molecular weight excluding hydrogens is 1530 g/mol. The molecule has 9 aromatic carbocycles. The van der Waals surface area contributed by atoms with E-state index < -0.39 is 190 Å². The van der Waals surface area contributed by atoms with Gasteiger partial charge in [-0.05, 0) is 123 Å². The Kier molecular flexibility index (Phi) is 28.3. The maximum Gasteiger partial charge on any atom is 0.338 e. The molecule has 20 atom stereocenters. The van der Waals surface area contributed by atoms with E-state index in [9.17, 15) is 43.8 Å². The summed E-state index contributed by atoms with van der Waals surface area (Å²) in [6.45, 7) is 4.67. The highest BCUT2D eigenvalue weighted by Crippen LogP contribution is 2.41. The van der Waals surface area contributed by atoms with E-state index in [1.54, 1.807) is 140 Å². The predicted octanol–water partition coefficient (Wildman–Crippen LogP) is 10.3. The summed E-state index contributed by atoms with van der Waals surface area (Å²) in [7, 11) is 0. The molecule has 0 bridgehead atoms. The molecule has 118 heavy (non-hydrogen) atoms. The lowest BCUT2D eigenvalue weighted by Crippen LogP contribution is -2.68. The molecule has 0 saturated carbocycles. The van der Waals surface area contributed by atoms with Gasteiger partial charge in [-0.15, -0.1) is 6.58 Å². The molecule has 0 aliphatic carbocycles. The van der Waals surface area contributed by atoms with Gasteiger partial charge in [-0.2, -0.15) is 0 Å². The van der Waals surface area contributed by atoms with E-state index in [0.29, 0.717) is 0 Å². The van der Waals surface area contributed by atoms with Crippen LogP contribution >= 0.6 is 0 Å². The van der Waals surface area contributed by atoms with Crippen molar-refractivity contribution in [3.63, 3.8) is 0 Å². The van der Waals surface area contributed by atoms with Crippen LogP contribution in [-0.2, 0) is 80.5 Å². The number of esters is 9. The van der Waals surface area contributed by atoms with Crippen LogP contribution in [0.5, 0.6) is 0 Å². The van der Waals surface area contributed by atoms with Crippen LogP contribution in [0.25, 0.3) is 0 Å². The molecule has 4 saturated heterocycles. The Morgan fingerprint density at radius 3 is 0.805 bits per heavy atom. The van der Waals surface area contributed by atoms with E-state index in [1.807, 2.05) is 0 Å². The van der Waals surface area contributed by atoms with Gasteiger partial charge in [-0.25, -0.2) is 43.2 Å². The Morgan fingerprint density at radius 2 is 0.508 bits per heavy atom. The average Bonchev–Trinajstić information content (AvgIpc) is 0.759. The van der Waals surface area contributed by atoms with Crippen molar-refractivity contribution in [1.29, 1.82) is 0 Å². The molecule has 0 unspecified atom stereocenters. The van der Waals surface area contributed by atoms with Crippen LogP contribution in [-0.4, -0.2) is 207 Å². The second-order valence-corrected chi connectivity index (χ2v) is 27.5. The molecule has 0 spiro atoms. The third kappa shape index (κ3) is 20.7. The zero-order valence-corrected chi connectivity index (χ0v) is 63.4. The fourth-order valence-corrected chi connectivity index (χ4v) is 13.6. The molecule has 9 aromatic rings. The molecule has 0 aromatic heterocycles. The van der Waals surface area contributed by atoms with E-state index in [4.69, 9.17) is 80.5 Å². The van der Waals surface area contributed by atoms with E-state index in [1.165, 1.54) is 153 Å². The Hall–Kier alpha value is -12.5. The summed E-state index contributed by atoms with van der Waals surface area (Å²) in [5.41, 5.74) is -0.00785. The van der Waals surface area contributed by atoms with Crippen LogP contribution in [0.3, 0.4) is 0 Å². The topological polar surface area (TPSA) is 351 Å². The molecular formula is C90H82O28. The fourth-order valence-electron chi connectivity index (χ4n) is 13.6. The molecule has 28 nitrogen and oxygen atoms in total. The van der Waals surface area contributed by atoms with Gasteiger partial charge in [0.25, 0.3) is 0 Å². The molecule has 0 radical (unpaired) electrons. The van der Waals surface area contributed by atoms with Crippen molar-refractivity contribution >= 4 is 53.7 Å². The molecule has 28 heteroatoms. The third-order valence-corrected chi connectivity index (χ3v) is 19.5. The van der Waals surface area contributed by atoms with Crippen molar-refractivity contribution in [2.75, 3.05) is 19.8 Å². The monoisotopic (exact) mass is 1610 g/mol. The third-order valence-electron chi connectivity index (χ3n) is 19.5. The quantitative estimate of drug-likeness (QED) is 0.0250. The van der Waals surface area contributed by atoms with E-state index in [2.05, 4.69) is 6.58 Å².